The summed E-state index contributed by atoms with van der Waals surface area (Å²) in [4.78, 5) is 13.1. The first-order valence-electron chi connectivity index (χ1n) is 6.27. The minimum Gasteiger partial charge on any atom is -0.454 e. The van der Waals surface area contributed by atoms with Gasteiger partial charge in [-0.1, -0.05) is 30.0 Å². The molecule has 2 aliphatic rings. The van der Waals surface area contributed by atoms with Crippen LogP contribution in [0.1, 0.15) is 21.3 Å². The van der Waals surface area contributed by atoms with Gasteiger partial charge in [0.25, 0.3) is 5.91 Å². The minimum atomic E-state index is -0.105. The molecule has 1 amide bonds. The molecular formula is C15H11NO3S. The van der Waals surface area contributed by atoms with Crippen LogP contribution in [0.2, 0.25) is 0 Å². The van der Waals surface area contributed by atoms with Gasteiger partial charge in [0.1, 0.15) is 5.37 Å². The van der Waals surface area contributed by atoms with Crippen molar-refractivity contribution in [3.05, 3.63) is 53.6 Å². The molecule has 1 atom stereocenters. The lowest BCUT2D eigenvalue weighted by Crippen LogP contribution is -2.30. The normalized spacial score (nSPS) is 19.4. The molecule has 2 aromatic rings. The molecule has 1 N–H and O–H groups in total. The Kier molecular flexibility index (Phi) is 2.60. The van der Waals surface area contributed by atoms with Crippen molar-refractivity contribution in [3.8, 4) is 11.5 Å². The summed E-state index contributed by atoms with van der Waals surface area (Å²) in [6.45, 7) is 0.256. The highest BCUT2D eigenvalue weighted by Crippen LogP contribution is 2.42. The Labute approximate surface area is 120 Å². The average molecular weight is 285 g/mol. The second-order valence-corrected chi connectivity index (χ2v) is 5.73. The third kappa shape index (κ3) is 1.82. The minimum absolute atomic E-state index is 0.0398. The van der Waals surface area contributed by atoms with Crippen molar-refractivity contribution < 1.29 is 14.3 Å². The highest BCUT2D eigenvalue weighted by Gasteiger charge is 2.27. The van der Waals surface area contributed by atoms with E-state index in [-0.39, 0.29) is 18.1 Å². The number of thioether (sulfide) groups is 1. The third-order valence-electron chi connectivity index (χ3n) is 3.34. The molecule has 0 fully saturated rings. The Hall–Kier alpha value is -2.14. The van der Waals surface area contributed by atoms with Crippen molar-refractivity contribution in [1.82, 2.24) is 5.32 Å². The number of ether oxygens (including phenoxy) is 2. The van der Waals surface area contributed by atoms with Crippen LogP contribution in [0.4, 0.5) is 0 Å². The van der Waals surface area contributed by atoms with Crippen LogP contribution < -0.4 is 14.8 Å². The lowest BCUT2D eigenvalue weighted by atomic mass is 10.1. The molecule has 0 bridgehead atoms. The first kappa shape index (κ1) is 11.7. The summed E-state index contributed by atoms with van der Waals surface area (Å²) in [7, 11) is 0. The number of carbonyl (C=O) groups is 1. The fourth-order valence-electron chi connectivity index (χ4n) is 2.34. The molecule has 0 saturated heterocycles. The summed E-state index contributed by atoms with van der Waals surface area (Å²) in [5.74, 6) is 1.44. The fraction of sp³-hybridized carbons (Fsp3) is 0.133. The van der Waals surface area contributed by atoms with E-state index in [1.807, 2.05) is 42.5 Å². The molecule has 0 aromatic heterocycles. The van der Waals surface area contributed by atoms with Gasteiger partial charge in [0.15, 0.2) is 11.5 Å². The molecule has 1 unspecified atom stereocenters. The predicted octanol–water partition coefficient (Wildman–Crippen LogP) is 2.95. The lowest BCUT2D eigenvalue weighted by molar-refractivity contribution is 0.0943. The van der Waals surface area contributed by atoms with E-state index in [9.17, 15) is 4.79 Å². The first-order valence-corrected chi connectivity index (χ1v) is 7.15. The van der Waals surface area contributed by atoms with Gasteiger partial charge in [0.2, 0.25) is 6.79 Å². The molecule has 0 spiro atoms. The topological polar surface area (TPSA) is 47.6 Å². The van der Waals surface area contributed by atoms with Crippen molar-refractivity contribution >= 4 is 17.7 Å². The highest BCUT2D eigenvalue weighted by molar-refractivity contribution is 7.99. The van der Waals surface area contributed by atoms with E-state index >= 15 is 0 Å². The van der Waals surface area contributed by atoms with Crippen molar-refractivity contribution in [2.45, 2.75) is 10.3 Å². The zero-order valence-corrected chi connectivity index (χ0v) is 11.3. The molecule has 2 aromatic carbocycles. The number of nitrogens with one attached hydrogen (secondary N) is 1. The van der Waals surface area contributed by atoms with Crippen LogP contribution in [0.5, 0.6) is 11.5 Å². The SMILES string of the molecule is O=C1NC(c2ccc3c(c2)OCO3)Sc2ccccc21. The van der Waals surface area contributed by atoms with Gasteiger partial charge in [0, 0.05) is 4.90 Å². The molecule has 2 heterocycles. The summed E-state index contributed by atoms with van der Waals surface area (Å²) in [6.07, 6.45) is 0. The van der Waals surface area contributed by atoms with E-state index < -0.39 is 0 Å². The molecule has 2 aliphatic heterocycles. The Morgan fingerprint density at radius 3 is 2.90 bits per heavy atom. The molecule has 0 radical (unpaired) electrons. The number of fused-ring (bicyclic) bond motifs is 2. The molecule has 20 heavy (non-hydrogen) atoms. The molecule has 0 saturated carbocycles. The maximum absolute atomic E-state index is 12.1. The van der Waals surface area contributed by atoms with Crippen LogP contribution in [0.25, 0.3) is 0 Å². The molecule has 4 rings (SSSR count). The molecule has 4 nitrogen and oxygen atoms in total. The largest absolute Gasteiger partial charge is 0.454 e. The van der Waals surface area contributed by atoms with E-state index in [0.29, 0.717) is 0 Å². The van der Waals surface area contributed by atoms with Crippen LogP contribution in [0.15, 0.2) is 47.4 Å². The maximum atomic E-state index is 12.1. The Morgan fingerprint density at radius 1 is 1.10 bits per heavy atom. The second kappa shape index (κ2) is 4.45. The smallest absolute Gasteiger partial charge is 0.253 e. The summed E-state index contributed by atoms with van der Waals surface area (Å²) in [5, 5.41) is 2.90. The Balaban J connectivity index is 1.69. The summed E-state index contributed by atoms with van der Waals surface area (Å²) in [5.41, 5.74) is 1.73. The molecular weight excluding hydrogens is 274 g/mol. The van der Waals surface area contributed by atoms with E-state index in [1.54, 1.807) is 11.8 Å². The Morgan fingerprint density at radius 2 is 1.95 bits per heavy atom. The molecule has 5 heteroatoms. The van der Waals surface area contributed by atoms with E-state index in [1.165, 1.54) is 0 Å². The number of carbonyl (C=O) groups excluding carboxylic acids is 1. The van der Waals surface area contributed by atoms with Gasteiger partial charge < -0.3 is 14.8 Å². The van der Waals surface area contributed by atoms with Crippen molar-refractivity contribution in [2.75, 3.05) is 6.79 Å². The van der Waals surface area contributed by atoms with Gasteiger partial charge in [-0.05, 0) is 29.8 Å². The van der Waals surface area contributed by atoms with Crippen molar-refractivity contribution in [2.24, 2.45) is 0 Å². The molecule has 100 valence electrons. The zero-order valence-electron chi connectivity index (χ0n) is 10.5. The van der Waals surface area contributed by atoms with Gasteiger partial charge in [-0.25, -0.2) is 0 Å². The van der Waals surface area contributed by atoms with E-state index in [4.69, 9.17) is 9.47 Å². The maximum Gasteiger partial charge on any atom is 0.253 e. The van der Waals surface area contributed by atoms with Crippen LogP contribution in [0, 0.1) is 0 Å². The predicted molar refractivity (Wildman–Crippen MR) is 75.1 cm³/mol. The third-order valence-corrected chi connectivity index (χ3v) is 4.57. The summed E-state index contributed by atoms with van der Waals surface area (Å²) < 4.78 is 10.7. The number of rotatable bonds is 1. The lowest BCUT2D eigenvalue weighted by Gasteiger charge is -2.25. The Bertz CT molecular complexity index is 701. The highest BCUT2D eigenvalue weighted by atomic mass is 32.2. The monoisotopic (exact) mass is 285 g/mol. The van der Waals surface area contributed by atoms with Gasteiger partial charge in [-0.2, -0.15) is 0 Å². The van der Waals surface area contributed by atoms with Gasteiger partial charge in [-0.15, -0.1) is 0 Å². The number of benzene rings is 2. The molecule has 0 aliphatic carbocycles. The van der Waals surface area contributed by atoms with Gasteiger partial charge >= 0.3 is 0 Å². The first-order chi connectivity index (χ1) is 9.81. The number of hydrogen-bond donors (Lipinski definition) is 1. The number of amides is 1. The fourth-order valence-corrected chi connectivity index (χ4v) is 3.49. The van der Waals surface area contributed by atoms with Crippen molar-refractivity contribution in [1.29, 1.82) is 0 Å². The van der Waals surface area contributed by atoms with Crippen LogP contribution in [0.3, 0.4) is 0 Å². The quantitative estimate of drug-likeness (QED) is 0.875. The second-order valence-electron chi connectivity index (χ2n) is 4.58. The average Bonchev–Trinajstić information content (AvgIpc) is 2.94. The van der Waals surface area contributed by atoms with Crippen LogP contribution in [-0.4, -0.2) is 12.7 Å². The standard InChI is InChI=1S/C15H11NO3S/c17-14-10-3-1-2-4-13(10)20-15(16-14)9-5-6-11-12(7-9)19-8-18-11/h1-7,15H,8H2,(H,16,17). The van der Waals surface area contributed by atoms with Gasteiger partial charge in [-0.3, -0.25) is 4.79 Å². The van der Waals surface area contributed by atoms with E-state index in [2.05, 4.69) is 5.32 Å². The van der Waals surface area contributed by atoms with Crippen LogP contribution in [-0.2, 0) is 0 Å². The number of hydrogen-bond acceptors (Lipinski definition) is 4. The zero-order chi connectivity index (χ0) is 13.5. The summed E-state index contributed by atoms with van der Waals surface area (Å²) in [6, 6.07) is 13.4. The van der Waals surface area contributed by atoms with Gasteiger partial charge in [0.05, 0.1) is 5.56 Å². The van der Waals surface area contributed by atoms with Crippen LogP contribution >= 0.6 is 11.8 Å². The summed E-state index contributed by atoms with van der Waals surface area (Å²) >= 11 is 1.63. The van der Waals surface area contributed by atoms with E-state index in [0.717, 1.165) is 27.5 Å². The van der Waals surface area contributed by atoms with Crippen molar-refractivity contribution in [3.63, 3.8) is 0 Å².